The Bertz CT molecular complexity index is 1930. The lowest BCUT2D eigenvalue weighted by atomic mass is 9.72. The van der Waals surface area contributed by atoms with Crippen LogP contribution in [-0.4, -0.2) is 9.97 Å². The number of rotatable bonds is 4. The summed E-state index contributed by atoms with van der Waals surface area (Å²) in [6.45, 7) is 4.31. The summed E-state index contributed by atoms with van der Waals surface area (Å²) in [4.78, 5) is 10.1. The molecule has 0 N–H and O–H groups in total. The molecule has 0 saturated carbocycles. The van der Waals surface area contributed by atoms with Crippen molar-refractivity contribution >= 4 is 0 Å². The number of nitriles is 1. The van der Waals surface area contributed by atoms with Gasteiger partial charge in [0.05, 0.1) is 17.0 Å². The number of ether oxygens (including phenoxy) is 1. The van der Waals surface area contributed by atoms with E-state index >= 15 is 0 Å². The molecule has 6 aromatic rings. The van der Waals surface area contributed by atoms with E-state index in [0.717, 1.165) is 56.1 Å². The van der Waals surface area contributed by atoms with Gasteiger partial charge in [-0.2, -0.15) is 5.26 Å². The number of benzene rings is 5. The van der Waals surface area contributed by atoms with E-state index < -0.39 is 5.41 Å². The molecule has 4 nitrogen and oxygen atoms in total. The second-order valence-electron chi connectivity index (χ2n) is 10.9. The molecule has 0 saturated heterocycles. The Morgan fingerprint density at radius 1 is 0.595 bits per heavy atom. The molecule has 7 rings (SSSR count). The van der Waals surface area contributed by atoms with Crippen molar-refractivity contribution < 1.29 is 4.74 Å². The molecule has 0 fully saturated rings. The van der Waals surface area contributed by atoms with Gasteiger partial charge in [0.1, 0.15) is 17.6 Å². The molecule has 1 aromatic heterocycles. The third-order valence-electron chi connectivity index (χ3n) is 8.01. The molecule has 0 radical (unpaired) electrons. The largest absolute Gasteiger partial charge is 0.457 e. The van der Waals surface area contributed by atoms with Gasteiger partial charge in [-0.05, 0) is 29.8 Å². The first-order chi connectivity index (χ1) is 20.5. The van der Waals surface area contributed by atoms with Gasteiger partial charge in [0.2, 0.25) is 0 Å². The molecule has 42 heavy (non-hydrogen) atoms. The van der Waals surface area contributed by atoms with Crippen LogP contribution in [0.5, 0.6) is 11.5 Å². The van der Waals surface area contributed by atoms with Crippen molar-refractivity contribution in [1.82, 2.24) is 9.97 Å². The van der Waals surface area contributed by atoms with Crippen LogP contribution < -0.4 is 4.74 Å². The minimum atomic E-state index is -0.426. The first-order valence-corrected chi connectivity index (χ1v) is 14.0. The molecular formula is C38H27N3O. The number of fused-ring (bicyclic) bond motifs is 2. The predicted octanol–water partition coefficient (Wildman–Crippen LogP) is 9.45. The maximum atomic E-state index is 10.6. The van der Waals surface area contributed by atoms with Crippen LogP contribution in [0.2, 0.25) is 0 Å². The van der Waals surface area contributed by atoms with E-state index in [9.17, 15) is 5.26 Å². The molecular weight excluding hydrogens is 514 g/mol. The molecule has 1 aliphatic rings. The highest BCUT2D eigenvalue weighted by atomic mass is 16.5. The summed E-state index contributed by atoms with van der Waals surface area (Å²) in [6, 6.07) is 45.0. The van der Waals surface area contributed by atoms with E-state index in [1.165, 1.54) is 0 Å². The second kappa shape index (κ2) is 10.1. The maximum Gasteiger partial charge on any atom is 0.161 e. The third kappa shape index (κ3) is 4.24. The minimum absolute atomic E-state index is 0.426. The molecule has 0 bridgehead atoms. The van der Waals surface area contributed by atoms with E-state index in [1.807, 2.05) is 97.1 Å². The third-order valence-corrected chi connectivity index (χ3v) is 8.01. The Kier molecular flexibility index (Phi) is 6.14. The smallest absolute Gasteiger partial charge is 0.161 e. The maximum absolute atomic E-state index is 10.6. The van der Waals surface area contributed by atoms with Gasteiger partial charge in [-0.3, -0.25) is 0 Å². The van der Waals surface area contributed by atoms with Crippen LogP contribution in [0, 0.1) is 11.3 Å². The molecule has 5 aromatic carbocycles. The van der Waals surface area contributed by atoms with Crippen molar-refractivity contribution in [2.75, 3.05) is 0 Å². The number of hydrogen-bond acceptors (Lipinski definition) is 4. The van der Waals surface area contributed by atoms with Crippen LogP contribution in [0.1, 0.15) is 30.5 Å². The zero-order valence-electron chi connectivity index (χ0n) is 23.4. The predicted molar refractivity (Wildman–Crippen MR) is 167 cm³/mol. The summed E-state index contributed by atoms with van der Waals surface area (Å²) in [6.07, 6.45) is 0. The fourth-order valence-corrected chi connectivity index (χ4v) is 5.95. The minimum Gasteiger partial charge on any atom is -0.457 e. The Morgan fingerprint density at radius 2 is 1.17 bits per heavy atom. The summed E-state index contributed by atoms with van der Waals surface area (Å²) in [5.74, 6) is 2.14. The first-order valence-electron chi connectivity index (χ1n) is 14.0. The van der Waals surface area contributed by atoms with E-state index in [2.05, 4.69) is 50.2 Å². The molecule has 0 spiro atoms. The molecule has 4 heteroatoms. The van der Waals surface area contributed by atoms with Crippen LogP contribution in [0.25, 0.3) is 45.0 Å². The van der Waals surface area contributed by atoms with Crippen molar-refractivity contribution in [3.8, 4) is 62.6 Å². The SMILES string of the molecule is CC1(C)c2ccccc2Oc2ccc(-c3ccccc3-c3nc(-c4ccccc4)cc(-c4ccccc4)n3)c(C#N)c21. The fraction of sp³-hybridized carbons (Fsp3) is 0.0789. The first kappa shape index (κ1) is 25.4. The number of nitrogens with zero attached hydrogens (tertiary/aromatic N) is 3. The standard InChI is InChI=1S/C38H27N3O/c1-38(2)31-19-11-12-20-34(31)42-35-22-21-28(30(24-39)36(35)38)27-17-9-10-18-29(27)37-40-32(25-13-5-3-6-14-25)23-33(41-37)26-15-7-4-8-16-26/h3-23H,1-2H3. The van der Waals surface area contributed by atoms with Crippen molar-refractivity contribution in [1.29, 1.82) is 5.26 Å². The molecule has 0 unspecified atom stereocenters. The highest BCUT2D eigenvalue weighted by molar-refractivity contribution is 5.87. The molecule has 0 atom stereocenters. The van der Waals surface area contributed by atoms with Crippen molar-refractivity contribution in [2.45, 2.75) is 19.3 Å². The highest BCUT2D eigenvalue weighted by Crippen LogP contribution is 2.51. The monoisotopic (exact) mass is 541 g/mol. The van der Waals surface area contributed by atoms with Gasteiger partial charge >= 0.3 is 0 Å². The number of hydrogen-bond donors (Lipinski definition) is 0. The van der Waals surface area contributed by atoms with Crippen LogP contribution >= 0.6 is 0 Å². The van der Waals surface area contributed by atoms with Gasteiger partial charge in [0, 0.05) is 38.8 Å². The molecule has 2 heterocycles. The van der Waals surface area contributed by atoms with Gasteiger partial charge in [0.25, 0.3) is 0 Å². The van der Waals surface area contributed by atoms with Crippen molar-refractivity contribution in [2.24, 2.45) is 0 Å². The lowest BCUT2D eigenvalue weighted by molar-refractivity contribution is 0.417. The highest BCUT2D eigenvalue weighted by Gasteiger charge is 2.37. The molecule has 200 valence electrons. The Balaban J connectivity index is 1.45. The number of aromatic nitrogens is 2. The van der Waals surface area contributed by atoms with Gasteiger partial charge in [0.15, 0.2) is 5.82 Å². The van der Waals surface area contributed by atoms with E-state index in [4.69, 9.17) is 14.7 Å². The topological polar surface area (TPSA) is 58.8 Å². The summed E-state index contributed by atoms with van der Waals surface area (Å²) >= 11 is 0. The molecule has 1 aliphatic heterocycles. The normalized spacial score (nSPS) is 12.9. The summed E-state index contributed by atoms with van der Waals surface area (Å²) in [5.41, 5.74) is 8.42. The van der Waals surface area contributed by atoms with Gasteiger partial charge in [-0.25, -0.2) is 9.97 Å². The lowest BCUT2D eigenvalue weighted by Crippen LogP contribution is -2.26. The Hall–Kier alpha value is -5.53. The van der Waals surface area contributed by atoms with E-state index in [-0.39, 0.29) is 0 Å². The molecule has 0 amide bonds. The van der Waals surface area contributed by atoms with Crippen LogP contribution in [0.4, 0.5) is 0 Å². The van der Waals surface area contributed by atoms with Crippen LogP contribution in [-0.2, 0) is 5.41 Å². The van der Waals surface area contributed by atoms with Crippen LogP contribution in [0.3, 0.4) is 0 Å². The van der Waals surface area contributed by atoms with Crippen molar-refractivity contribution in [3.63, 3.8) is 0 Å². The summed E-state index contributed by atoms with van der Waals surface area (Å²) in [5, 5.41) is 10.6. The molecule has 0 aliphatic carbocycles. The van der Waals surface area contributed by atoms with Crippen molar-refractivity contribution in [3.05, 3.63) is 144 Å². The zero-order valence-corrected chi connectivity index (χ0v) is 23.4. The summed E-state index contributed by atoms with van der Waals surface area (Å²) < 4.78 is 6.31. The summed E-state index contributed by atoms with van der Waals surface area (Å²) in [7, 11) is 0. The second-order valence-corrected chi connectivity index (χ2v) is 10.9. The average molecular weight is 542 g/mol. The average Bonchev–Trinajstić information content (AvgIpc) is 3.05. The van der Waals surface area contributed by atoms with Gasteiger partial charge < -0.3 is 4.74 Å². The van der Waals surface area contributed by atoms with Crippen LogP contribution in [0.15, 0.2) is 127 Å². The lowest BCUT2D eigenvalue weighted by Gasteiger charge is -2.35. The zero-order chi connectivity index (χ0) is 28.7. The van der Waals surface area contributed by atoms with Gasteiger partial charge in [-0.1, -0.05) is 117 Å². The quantitative estimate of drug-likeness (QED) is 0.223. The van der Waals surface area contributed by atoms with E-state index in [1.54, 1.807) is 0 Å². The Labute approximate surface area is 245 Å². The number of para-hydroxylation sites is 1. The van der Waals surface area contributed by atoms with E-state index in [0.29, 0.717) is 17.1 Å². The van der Waals surface area contributed by atoms with Gasteiger partial charge in [-0.15, -0.1) is 0 Å². The fourth-order valence-electron chi connectivity index (χ4n) is 5.95. The Morgan fingerprint density at radius 3 is 1.81 bits per heavy atom.